The van der Waals surface area contributed by atoms with Crippen LogP contribution in [0.15, 0.2) is 72.8 Å². The van der Waals surface area contributed by atoms with Crippen LogP contribution in [0.2, 0.25) is 0 Å². The van der Waals surface area contributed by atoms with Crippen LogP contribution in [0.4, 0.5) is 5.69 Å². The van der Waals surface area contributed by atoms with Crippen LogP contribution in [-0.2, 0) is 13.0 Å². The fourth-order valence-electron chi connectivity index (χ4n) is 3.84. The topological polar surface area (TPSA) is 105 Å². The first-order valence-electron chi connectivity index (χ1n) is 10.2. The quantitative estimate of drug-likeness (QED) is 0.434. The first kappa shape index (κ1) is 21.2. The first-order chi connectivity index (χ1) is 15.5. The number of hydrogen-bond acceptors (Lipinski definition) is 4. The lowest BCUT2D eigenvalue weighted by Gasteiger charge is -2.13. The van der Waals surface area contributed by atoms with Gasteiger partial charge in [0.05, 0.1) is 12.1 Å². The van der Waals surface area contributed by atoms with Gasteiger partial charge in [0.1, 0.15) is 0 Å². The molecule has 0 spiro atoms. The van der Waals surface area contributed by atoms with Gasteiger partial charge in [-0.15, -0.1) is 0 Å². The molecule has 0 bridgehead atoms. The van der Waals surface area contributed by atoms with Gasteiger partial charge in [0.15, 0.2) is 0 Å². The zero-order valence-corrected chi connectivity index (χ0v) is 17.6. The molecule has 1 aromatic heterocycles. The van der Waals surface area contributed by atoms with Crippen molar-refractivity contribution in [2.75, 3.05) is 5.32 Å². The van der Waals surface area contributed by atoms with Gasteiger partial charge in [-0.1, -0.05) is 42.5 Å². The lowest BCUT2D eigenvalue weighted by Crippen LogP contribution is -2.16. The molecule has 32 heavy (non-hydrogen) atoms. The van der Waals surface area contributed by atoms with E-state index in [9.17, 15) is 14.7 Å². The van der Waals surface area contributed by atoms with Crippen molar-refractivity contribution >= 4 is 28.4 Å². The summed E-state index contributed by atoms with van der Waals surface area (Å²) < 4.78 is 0. The molecule has 0 saturated heterocycles. The van der Waals surface area contributed by atoms with Gasteiger partial charge in [-0.05, 0) is 53.9 Å². The molecular weight excluding hydrogens is 402 g/mol. The smallest absolute Gasteiger partial charge is 0.255 e. The number of para-hydroxylation sites is 1. The number of anilines is 1. The SMILES string of the molecule is Cc1cc(CO)c2cccc(Cc3ccccc3C(=O)Nc3cccc(C(N)=O)c3)c2n1. The van der Waals surface area contributed by atoms with E-state index in [0.717, 1.165) is 33.3 Å². The van der Waals surface area contributed by atoms with Gasteiger partial charge in [0.25, 0.3) is 5.91 Å². The van der Waals surface area contributed by atoms with Gasteiger partial charge in [0, 0.05) is 34.3 Å². The van der Waals surface area contributed by atoms with Crippen LogP contribution in [0.1, 0.15) is 43.1 Å². The van der Waals surface area contributed by atoms with E-state index in [0.29, 0.717) is 23.2 Å². The minimum Gasteiger partial charge on any atom is -0.392 e. The zero-order chi connectivity index (χ0) is 22.7. The molecule has 0 fully saturated rings. The number of rotatable bonds is 6. The molecule has 0 aliphatic rings. The highest BCUT2D eigenvalue weighted by Crippen LogP contribution is 2.25. The first-order valence-corrected chi connectivity index (χ1v) is 10.2. The Morgan fingerprint density at radius 2 is 1.69 bits per heavy atom. The Hall–Kier alpha value is -4.03. The lowest BCUT2D eigenvalue weighted by molar-refractivity contribution is 0.0996. The summed E-state index contributed by atoms with van der Waals surface area (Å²) in [6, 6.07) is 21.7. The van der Waals surface area contributed by atoms with Crippen molar-refractivity contribution in [3.05, 3.63) is 106 Å². The van der Waals surface area contributed by atoms with Crippen LogP contribution in [-0.4, -0.2) is 21.9 Å². The Bertz CT molecular complexity index is 1330. The minimum atomic E-state index is -0.553. The maximum absolute atomic E-state index is 13.0. The number of aromatic nitrogens is 1. The van der Waals surface area contributed by atoms with E-state index in [2.05, 4.69) is 5.32 Å². The van der Waals surface area contributed by atoms with E-state index in [1.807, 2.05) is 49.4 Å². The molecule has 4 rings (SSSR count). The fourth-order valence-corrected chi connectivity index (χ4v) is 3.84. The number of aliphatic hydroxyl groups excluding tert-OH is 1. The molecule has 3 aromatic carbocycles. The third-order valence-corrected chi connectivity index (χ3v) is 5.36. The molecule has 4 aromatic rings. The number of carbonyl (C=O) groups excluding carboxylic acids is 2. The molecule has 0 atom stereocenters. The monoisotopic (exact) mass is 425 g/mol. The summed E-state index contributed by atoms with van der Waals surface area (Å²) in [6.07, 6.45) is 0.504. The van der Waals surface area contributed by atoms with Crippen molar-refractivity contribution in [2.45, 2.75) is 20.0 Å². The van der Waals surface area contributed by atoms with E-state index >= 15 is 0 Å². The molecule has 0 unspecified atom stereocenters. The Kier molecular flexibility index (Phi) is 5.96. The van der Waals surface area contributed by atoms with Crippen molar-refractivity contribution in [1.82, 2.24) is 4.98 Å². The average molecular weight is 425 g/mol. The van der Waals surface area contributed by atoms with Crippen molar-refractivity contribution < 1.29 is 14.7 Å². The third kappa shape index (κ3) is 4.36. The number of carbonyl (C=O) groups is 2. The van der Waals surface area contributed by atoms with Crippen LogP contribution in [0.3, 0.4) is 0 Å². The Morgan fingerprint density at radius 1 is 0.938 bits per heavy atom. The lowest BCUT2D eigenvalue weighted by atomic mass is 9.96. The van der Waals surface area contributed by atoms with Crippen molar-refractivity contribution in [1.29, 1.82) is 0 Å². The Labute approximate surface area is 185 Å². The highest BCUT2D eigenvalue weighted by atomic mass is 16.3. The van der Waals surface area contributed by atoms with Crippen molar-refractivity contribution in [3.63, 3.8) is 0 Å². The number of amides is 2. The molecule has 160 valence electrons. The molecule has 6 nitrogen and oxygen atoms in total. The van der Waals surface area contributed by atoms with Gasteiger partial charge >= 0.3 is 0 Å². The van der Waals surface area contributed by atoms with Gasteiger partial charge < -0.3 is 16.2 Å². The predicted octanol–water partition coefficient (Wildman–Crippen LogP) is 3.98. The van der Waals surface area contributed by atoms with E-state index < -0.39 is 5.91 Å². The van der Waals surface area contributed by atoms with Gasteiger partial charge in [-0.2, -0.15) is 0 Å². The number of nitrogens with zero attached hydrogens (tertiary/aromatic N) is 1. The van der Waals surface area contributed by atoms with E-state index in [4.69, 9.17) is 10.7 Å². The van der Waals surface area contributed by atoms with E-state index in [1.165, 1.54) is 0 Å². The van der Waals surface area contributed by atoms with Crippen molar-refractivity contribution in [3.8, 4) is 0 Å². The summed E-state index contributed by atoms with van der Waals surface area (Å²) in [5.74, 6) is -0.829. The maximum Gasteiger partial charge on any atom is 0.255 e. The number of hydrogen-bond donors (Lipinski definition) is 3. The highest BCUT2D eigenvalue weighted by Gasteiger charge is 2.15. The molecule has 4 N–H and O–H groups in total. The van der Waals surface area contributed by atoms with Crippen LogP contribution >= 0.6 is 0 Å². The standard InChI is InChI=1S/C26H23N3O3/c1-16-12-20(15-30)22-11-5-7-18(24(22)28-16)13-17-6-2-3-10-23(17)26(32)29-21-9-4-8-19(14-21)25(27)31/h2-12,14,30H,13,15H2,1H3,(H2,27,31)(H,29,32). The molecule has 6 heteroatoms. The van der Waals surface area contributed by atoms with Crippen LogP contribution in [0, 0.1) is 6.92 Å². The average Bonchev–Trinajstić information content (AvgIpc) is 2.79. The second-order valence-corrected chi connectivity index (χ2v) is 7.63. The summed E-state index contributed by atoms with van der Waals surface area (Å²) in [5.41, 5.74) is 11.0. The molecule has 1 heterocycles. The number of primary amides is 1. The maximum atomic E-state index is 13.0. The number of benzene rings is 3. The number of pyridine rings is 1. The number of fused-ring (bicyclic) bond motifs is 1. The second kappa shape index (κ2) is 8.99. The number of aliphatic hydroxyl groups is 1. The summed E-state index contributed by atoms with van der Waals surface area (Å²) in [7, 11) is 0. The molecule has 2 amide bonds. The Balaban J connectivity index is 1.68. The molecule has 0 saturated carbocycles. The number of aryl methyl sites for hydroxylation is 1. The van der Waals surface area contributed by atoms with Crippen molar-refractivity contribution in [2.24, 2.45) is 5.73 Å². The molecule has 0 aliphatic heterocycles. The number of nitrogens with two attached hydrogens (primary N) is 1. The summed E-state index contributed by atoms with van der Waals surface area (Å²) in [6.45, 7) is 1.84. The Morgan fingerprint density at radius 3 is 2.47 bits per heavy atom. The molecule has 0 aliphatic carbocycles. The van der Waals surface area contributed by atoms with Gasteiger partial charge in [-0.3, -0.25) is 14.6 Å². The normalized spacial score (nSPS) is 10.8. The predicted molar refractivity (Wildman–Crippen MR) is 125 cm³/mol. The zero-order valence-electron chi connectivity index (χ0n) is 17.6. The van der Waals surface area contributed by atoms with Crippen LogP contribution < -0.4 is 11.1 Å². The number of nitrogens with one attached hydrogen (secondary N) is 1. The second-order valence-electron chi connectivity index (χ2n) is 7.63. The molecular formula is C26H23N3O3. The van der Waals surface area contributed by atoms with Gasteiger partial charge in [-0.25, -0.2) is 0 Å². The highest BCUT2D eigenvalue weighted by molar-refractivity contribution is 6.06. The van der Waals surface area contributed by atoms with Gasteiger partial charge in [0.2, 0.25) is 5.91 Å². The molecule has 0 radical (unpaired) electrons. The largest absolute Gasteiger partial charge is 0.392 e. The van der Waals surface area contributed by atoms with E-state index in [1.54, 1.807) is 30.3 Å². The third-order valence-electron chi connectivity index (χ3n) is 5.36. The van der Waals surface area contributed by atoms with E-state index in [-0.39, 0.29) is 12.5 Å². The summed E-state index contributed by atoms with van der Waals surface area (Å²) in [5, 5.41) is 13.5. The van der Waals surface area contributed by atoms with Crippen LogP contribution in [0.25, 0.3) is 10.9 Å². The summed E-state index contributed by atoms with van der Waals surface area (Å²) in [4.78, 5) is 29.2. The van der Waals surface area contributed by atoms with Crippen LogP contribution in [0.5, 0.6) is 0 Å². The fraction of sp³-hybridized carbons (Fsp3) is 0.115. The summed E-state index contributed by atoms with van der Waals surface area (Å²) >= 11 is 0. The minimum absolute atomic E-state index is 0.0628.